The number of imidazole rings is 1. The molecule has 0 amide bonds. The van der Waals surface area contributed by atoms with E-state index in [1.165, 1.54) is 0 Å². The van der Waals surface area contributed by atoms with Crippen molar-refractivity contribution in [1.82, 2.24) is 15.0 Å². The summed E-state index contributed by atoms with van der Waals surface area (Å²) >= 11 is 0. The fourth-order valence-corrected chi connectivity index (χ4v) is 2.12. The zero-order chi connectivity index (χ0) is 13.2. The van der Waals surface area contributed by atoms with Crippen molar-refractivity contribution in [2.45, 2.75) is 6.42 Å². The number of rotatable bonds is 3. The molecule has 2 heterocycles. The number of aromatic nitrogens is 3. The molecule has 19 heavy (non-hydrogen) atoms. The van der Waals surface area contributed by atoms with Crippen molar-refractivity contribution in [2.75, 3.05) is 0 Å². The highest BCUT2D eigenvalue weighted by Gasteiger charge is 2.09. The molecule has 0 radical (unpaired) electrons. The smallest absolute Gasteiger partial charge is 0.307 e. The molecule has 5 heteroatoms. The van der Waals surface area contributed by atoms with Gasteiger partial charge in [-0.2, -0.15) is 0 Å². The van der Waals surface area contributed by atoms with Crippen molar-refractivity contribution >= 4 is 17.0 Å². The Bertz CT molecular complexity index is 749. The normalized spacial score (nSPS) is 10.7. The molecule has 94 valence electrons. The largest absolute Gasteiger partial charge is 0.481 e. The topological polar surface area (TPSA) is 78.9 Å². The number of nitrogens with one attached hydrogen (secondary N) is 1. The van der Waals surface area contributed by atoms with Gasteiger partial charge in [-0.1, -0.05) is 6.07 Å². The van der Waals surface area contributed by atoms with Crippen LogP contribution in [-0.4, -0.2) is 26.0 Å². The summed E-state index contributed by atoms with van der Waals surface area (Å²) in [4.78, 5) is 22.1. The lowest BCUT2D eigenvalue weighted by atomic mass is 9.99. The predicted octanol–water partition coefficient (Wildman–Crippen LogP) is 2.25. The number of nitrogens with zero attached hydrogens (tertiary/aromatic N) is 2. The van der Waals surface area contributed by atoms with Gasteiger partial charge in [0.25, 0.3) is 0 Å². The van der Waals surface area contributed by atoms with Crippen LogP contribution in [0, 0.1) is 0 Å². The minimum atomic E-state index is -0.864. The van der Waals surface area contributed by atoms with Gasteiger partial charge in [0.05, 0.1) is 23.8 Å². The maximum atomic E-state index is 10.9. The van der Waals surface area contributed by atoms with Crippen LogP contribution in [0.4, 0.5) is 0 Å². The first-order valence-corrected chi connectivity index (χ1v) is 5.82. The molecular weight excluding hydrogens is 242 g/mol. The number of aliphatic carboxylic acids is 1. The van der Waals surface area contributed by atoms with Crippen LogP contribution in [0.5, 0.6) is 0 Å². The molecule has 2 N–H and O–H groups in total. The molecule has 1 aromatic carbocycles. The van der Waals surface area contributed by atoms with Gasteiger partial charge in [0.2, 0.25) is 0 Å². The van der Waals surface area contributed by atoms with Gasteiger partial charge in [-0.15, -0.1) is 0 Å². The molecule has 0 unspecified atom stereocenters. The molecule has 0 aliphatic heterocycles. The van der Waals surface area contributed by atoms with E-state index in [9.17, 15) is 4.79 Å². The van der Waals surface area contributed by atoms with Gasteiger partial charge in [-0.3, -0.25) is 9.78 Å². The van der Waals surface area contributed by atoms with E-state index in [-0.39, 0.29) is 6.42 Å². The van der Waals surface area contributed by atoms with Crippen LogP contribution >= 0.6 is 0 Å². The molecule has 2 aromatic heterocycles. The third kappa shape index (κ3) is 2.18. The van der Waals surface area contributed by atoms with Gasteiger partial charge in [0, 0.05) is 12.4 Å². The summed E-state index contributed by atoms with van der Waals surface area (Å²) in [6.07, 6.45) is 4.86. The van der Waals surface area contributed by atoms with Crippen LogP contribution in [0.2, 0.25) is 0 Å². The van der Waals surface area contributed by atoms with Crippen LogP contribution < -0.4 is 0 Å². The summed E-state index contributed by atoms with van der Waals surface area (Å²) in [5, 5.41) is 8.93. The number of hydrogen-bond acceptors (Lipinski definition) is 3. The molecular formula is C14H11N3O2. The minimum Gasteiger partial charge on any atom is -0.481 e. The van der Waals surface area contributed by atoms with E-state index in [2.05, 4.69) is 15.0 Å². The summed E-state index contributed by atoms with van der Waals surface area (Å²) in [5.41, 5.74) is 4.35. The molecule has 0 bridgehead atoms. The van der Waals surface area contributed by atoms with Gasteiger partial charge < -0.3 is 10.1 Å². The number of benzene rings is 1. The van der Waals surface area contributed by atoms with Gasteiger partial charge in [-0.25, -0.2) is 4.98 Å². The number of hydrogen-bond donors (Lipinski definition) is 2. The fourth-order valence-electron chi connectivity index (χ4n) is 2.12. The van der Waals surface area contributed by atoms with E-state index in [0.29, 0.717) is 5.56 Å². The Kier molecular flexibility index (Phi) is 2.72. The zero-order valence-corrected chi connectivity index (χ0v) is 10.00. The van der Waals surface area contributed by atoms with E-state index in [1.54, 1.807) is 18.7 Å². The van der Waals surface area contributed by atoms with Crippen molar-refractivity contribution in [3.05, 3.63) is 48.5 Å². The Hall–Kier alpha value is -2.69. The van der Waals surface area contributed by atoms with Crippen LogP contribution in [0.15, 0.2) is 43.0 Å². The monoisotopic (exact) mass is 253 g/mol. The SMILES string of the molecule is O=C(O)Cc1cnccc1-c1ccc2nc[nH]c2c1. The van der Waals surface area contributed by atoms with Crippen LogP contribution in [0.1, 0.15) is 5.56 Å². The van der Waals surface area contributed by atoms with Gasteiger partial charge in [0.15, 0.2) is 0 Å². The second-order valence-corrected chi connectivity index (χ2v) is 4.24. The van der Waals surface area contributed by atoms with Crippen molar-refractivity contribution in [2.24, 2.45) is 0 Å². The second-order valence-electron chi connectivity index (χ2n) is 4.24. The number of carboxylic acids is 1. The summed E-state index contributed by atoms with van der Waals surface area (Å²) in [6, 6.07) is 7.63. The van der Waals surface area contributed by atoms with Crippen LogP contribution in [0.3, 0.4) is 0 Å². The summed E-state index contributed by atoms with van der Waals surface area (Å²) in [6.45, 7) is 0. The summed E-state index contributed by atoms with van der Waals surface area (Å²) < 4.78 is 0. The standard InChI is InChI=1S/C14H11N3O2/c18-14(19)6-10-7-15-4-3-11(10)9-1-2-12-13(5-9)17-8-16-12/h1-5,7-8H,6H2,(H,16,17)(H,18,19). The Balaban J connectivity index is 2.12. The number of carboxylic acid groups (broad SMARTS) is 1. The Labute approximate surface area is 109 Å². The van der Waals surface area contributed by atoms with E-state index in [4.69, 9.17) is 5.11 Å². The maximum absolute atomic E-state index is 10.9. The molecule has 3 aromatic rings. The average Bonchev–Trinajstić information content (AvgIpc) is 2.86. The number of H-pyrrole nitrogens is 1. The van der Waals surface area contributed by atoms with E-state index in [1.807, 2.05) is 24.3 Å². The highest BCUT2D eigenvalue weighted by molar-refractivity contribution is 5.83. The molecule has 0 spiro atoms. The Morgan fingerprint density at radius 2 is 2.21 bits per heavy atom. The fraction of sp³-hybridized carbons (Fsp3) is 0.0714. The molecule has 0 atom stereocenters. The average molecular weight is 253 g/mol. The number of pyridine rings is 1. The zero-order valence-electron chi connectivity index (χ0n) is 10.00. The number of carbonyl (C=O) groups is 1. The van der Waals surface area contributed by atoms with Crippen LogP contribution in [0.25, 0.3) is 22.2 Å². The van der Waals surface area contributed by atoms with Crippen molar-refractivity contribution in [3.8, 4) is 11.1 Å². The second kappa shape index (κ2) is 4.53. The molecule has 0 aliphatic rings. The predicted molar refractivity (Wildman–Crippen MR) is 70.7 cm³/mol. The first-order valence-electron chi connectivity index (χ1n) is 5.82. The third-order valence-corrected chi connectivity index (χ3v) is 2.98. The quantitative estimate of drug-likeness (QED) is 0.750. The molecule has 3 rings (SSSR count). The highest BCUT2D eigenvalue weighted by Crippen LogP contribution is 2.25. The molecule has 0 fully saturated rings. The number of fused-ring (bicyclic) bond motifs is 1. The van der Waals surface area contributed by atoms with Gasteiger partial charge in [-0.05, 0) is 34.9 Å². The van der Waals surface area contributed by atoms with Crippen molar-refractivity contribution in [1.29, 1.82) is 0 Å². The highest BCUT2D eigenvalue weighted by atomic mass is 16.4. The van der Waals surface area contributed by atoms with Crippen molar-refractivity contribution < 1.29 is 9.90 Å². The van der Waals surface area contributed by atoms with E-state index < -0.39 is 5.97 Å². The van der Waals surface area contributed by atoms with E-state index >= 15 is 0 Å². The summed E-state index contributed by atoms with van der Waals surface area (Å²) in [7, 11) is 0. The Morgan fingerprint density at radius 1 is 1.32 bits per heavy atom. The van der Waals surface area contributed by atoms with Crippen molar-refractivity contribution in [3.63, 3.8) is 0 Å². The lowest BCUT2D eigenvalue weighted by Crippen LogP contribution is -2.02. The molecule has 0 aliphatic carbocycles. The first-order chi connectivity index (χ1) is 9.24. The molecule has 0 saturated carbocycles. The lowest BCUT2D eigenvalue weighted by Gasteiger charge is -2.07. The van der Waals surface area contributed by atoms with Crippen LogP contribution in [-0.2, 0) is 11.2 Å². The Morgan fingerprint density at radius 3 is 3.05 bits per heavy atom. The van der Waals surface area contributed by atoms with Gasteiger partial charge >= 0.3 is 5.97 Å². The molecule has 5 nitrogen and oxygen atoms in total. The van der Waals surface area contributed by atoms with Gasteiger partial charge in [0.1, 0.15) is 0 Å². The maximum Gasteiger partial charge on any atom is 0.307 e. The molecule has 0 saturated heterocycles. The van der Waals surface area contributed by atoms with E-state index in [0.717, 1.165) is 22.2 Å². The number of aromatic amines is 1. The summed E-state index contributed by atoms with van der Waals surface area (Å²) in [5.74, 6) is -0.864. The first kappa shape index (κ1) is 11.4. The lowest BCUT2D eigenvalue weighted by molar-refractivity contribution is -0.136. The third-order valence-electron chi connectivity index (χ3n) is 2.98. The minimum absolute atomic E-state index is 0.0375.